The molecule has 4 nitrogen and oxygen atoms in total. The van der Waals surface area contributed by atoms with Gasteiger partial charge in [0, 0.05) is 0 Å². The fraction of sp³-hybridized carbons (Fsp3) is 0.800. The molecule has 0 bridgehead atoms. The maximum absolute atomic E-state index is 10.9. The quantitative estimate of drug-likeness (QED) is 0.661. The molecule has 1 saturated carbocycles. The van der Waals surface area contributed by atoms with E-state index in [9.17, 15) is 9.59 Å². The maximum Gasteiger partial charge on any atom is 0.321 e. The van der Waals surface area contributed by atoms with Gasteiger partial charge >= 0.3 is 11.9 Å². The SMILES string of the molecule is CCC(CC)[C@H]1CC1(C(=O)O)C(=O)O. The Bertz CT molecular complexity index is 241. The van der Waals surface area contributed by atoms with Gasteiger partial charge in [-0.15, -0.1) is 0 Å². The molecule has 1 aliphatic rings. The number of carboxylic acid groups (broad SMARTS) is 2. The van der Waals surface area contributed by atoms with Crippen LogP contribution in [0.5, 0.6) is 0 Å². The van der Waals surface area contributed by atoms with Gasteiger partial charge in [0.1, 0.15) is 0 Å². The molecule has 14 heavy (non-hydrogen) atoms. The summed E-state index contributed by atoms with van der Waals surface area (Å²) in [7, 11) is 0. The second-order valence-electron chi connectivity index (χ2n) is 3.97. The number of rotatable bonds is 5. The Kier molecular flexibility index (Phi) is 2.83. The molecule has 0 unspecified atom stereocenters. The minimum Gasteiger partial charge on any atom is -0.480 e. The summed E-state index contributed by atoms with van der Waals surface area (Å²) in [6.07, 6.45) is 2.00. The fourth-order valence-corrected chi connectivity index (χ4v) is 2.30. The van der Waals surface area contributed by atoms with Crippen molar-refractivity contribution in [1.82, 2.24) is 0 Å². The highest BCUT2D eigenvalue weighted by Crippen LogP contribution is 2.58. The van der Waals surface area contributed by atoms with Crippen LogP contribution in [0.4, 0.5) is 0 Å². The van der Waals surface area contributed by atoms with Crippen LogP contribution in [0.25, 0.3) is 0 Å². The van der Waals surface area contributed by atoms with Crippen LogP contribution in [0, 0.1) is 17.3 Å². The van der Waals surface area contributed by atoms with Crippen molar-refractivity contribution in [3.63, 3.8) is 0 Å². The lowest BCUT2D eigenvalue weighted by Gasteiger charge is -2.14. The molecule has 2 N–H and O–H groups in total. The van der Waals surface area contributed by atoms with E-state index in [4.69, 9.17) is 10.2 Å². The van der Waals surface area contributed by atoms with Crippen molar-refractivity contribution in [3.8, 4) is 0 Å². The lowest BCUT2D eigenvalue weighted by atomic mass is 9.91. The van der Waals surface area contributed by atoms with Crippen LogP contribution in [-0.2, 0) is 9.59 Å². The molecule has 1 aliphatic carbocycles. The van der Waals surface area contributed by atoms with Gasteiger partial charge < -0.3 is 10.2 Å². The first-order valence-corrected chi connectivity index (χ1v) is 4.97. The third-order valence-electron chi connectivity index (χ3n) is 3.40. The van der Waals surface area contributed by atoms with Crippen molar-refractivity contribution < 1.29 is 19.8 Å². The van der Waals surface area contributed by atoms with E-state index in [1.54, 1.807) is 0 Å². The summed E-state index contributed by atoms with van der Waals surface area (Å²) in [6.45, 7) is 3.95. The second kappa shape index (κ2) is 3.59. The molecule has 1 fully saturated rings. The molecule has 0 amide bonds. The third-order valence-corrected chi connectivity index (χ3v) is 3.40. The fourth-order valence-electron chi connectivity index (χ4n) is 2.30. The van der Waals surface area contributed by atoms with E-state index in [2.05, 4.69) is 0 Å². The maximum atomic E-state index is 10.9. The van der Waals surface area contributed by atoms with E-state index in [0.717, 1.165) is 12.8 Å². The molecular formula is C10H16O4. The lowest BCUT2D eigenvalue weighted by molar-refractivity contribution is -0.158. The van der Waals surface area contributed by atoms with Crippen molar-refractivity contribution in [2.45, 2.75) is 33.1 Å². The normalized spacial score (nSPS) is 23.5. The molecule has 0 aromatic heterocycles. The smallest absolute Gasteiger partial charge is 0.321 e. The Morgan fingerprint density at radius 2 is 1.71 bits per heavy atom. The molecule has 0 aromatic carbocycles. The van der Waals surface area contributed by atoms with Gasteiger partial charge in [0.05, 0.1) is 0 Å². The van der Waals surface area contributed by atoms with Crippen LogP contribution < -0.4 is 0 Å². The van der Waals surface area contributed by atoms with E-state index < -0.39 is 17.4 Å². The van der Waals surface area contributed by atoms with Crippen LogP contribution in [0.2, 0.25) is 0 Å². The van der Waals surface area contributed by atoms with E-state index in [1.807, 2.05) is 13.8 Å². The number of carboxylic acids is 2. The second-order valence-corrected chi connectivity index (χ2v) is 3.97. The van der Waals surface area contributed by atoms with Gasteiger partial charge in [0.25, 0.3) is 0 Å². The summed E-state index contributed by atoms with van der Waals surface area (Å²) in [5.74, 6) is -2.31. The van der Waals surface area contributed by atoms with Gasteiger partial charge in [-0.1, -0.05) is 26.7 Å². The zero-order valence-electron chi connectivity index (χ0n) is 8.49. The Morgan fingerprint density at radius 3 is 1.93 bits per heavy atom. The summed E-state index contributed by atoms with van der Waals surface area (Å²) in [5, 5.41) is 17.8. The van der Waals surface area contributed by atoms with Crippen LogP contribution in [-0.4, -0.2) is 22.2 Å². The Balaban J connectivity index is 2.80. The minimum absolute atomic E-state index is 0.174. The van der Waals surface area contributed by atoms with E-state index in [1.165, 1.54) is 0 Å². The Hall–Kier alpha value is -1.06. The van der Waals surface area contributed by atoms with E-state index in [-0.39, 0.29) is 11.8 Å². The van der Waals surface area contributed by atoms with Gasteiger partial charge in [-0.3, -0.25) is 9.59 Å². The first kappa shape index (κ1) is 11.0. The summed E-state index contributed by atoms with van der Waals surface area (Å²) >= 11 is 0. The van der Waals surface area contributed by atoms with Crippen molar-refractivity contribution in [2.24, 2.45) is 17.3 Å². The largest absolute Gasteiger partial charge is 0.480 e. The van der Waals surface area contributed by atoms with Crippen LogP contribution >= 0.6 is 0 Å². The highest BCUT2D eigenvalue weighted by atomic mass is 16.4. The average molecular weight is 200 g/mol. The average Bonchev–Trinajstić information content (AvgIpc) is 2.83. The Labute approximate surface area is 82.9 Å². The van der Waals surface area contributed by atoms with Crippen LogP contribution in [0.15, 0.2) is 0 Å². The molecule has 0 aliphatic heterocycles. The van der Waals surface area contributed by atoms with E-state index >= 15 is 0 Å². The van der Waals surface area contributed by atoms with Gasteiger partial charge in [0.15, 0.2) is 5.41 Å². The summed E-state index contributed by atoms with van der Waals surface area (Å²) < 4.78 is 0. The molecule has 0 heterocycles. The van der Waals surface area contributed by atoms with Gasteiger partial charge in [-0.2, -0.15) is 0 Å². The van der Waals surface area contributed by atoms with Gasteiger partial charge in [-0.05, 0) is 18.3 Å². The molecule has 0 aromatic rings. The standard InChI is InChI=1S/C10H16O4/c1-3-6(4-2)7-5-10(7,8(11)12)9(13)14/h6-7H,3-5H2,1-2H3,(H,11,12)(H,13,14)/t7-/m1/s1. The number of hydrogen-bond donors (Lipinski definition) is 2. The predicted octanol–water partition coefficient (Wildman–Crippen LogP) is 1.60. The molecule has 0 saturated heterocycles. The van der Waals surface area contributed by atoms with Gasteiger partial charge in [0.2, 0.25) is 0 Å². The highest BCUT2D eigenvalue weighted by molar-refractivity contribution is 6.02. The van der Waals surface area contributed by atoms with E-state index in [0.29, 0.717) is 6.42 Å². The molecule has 80 valence electrons. The highest BCUT2D eigenvalue weighted by Gasteiger charge is 2.68. The lowest BCUT2D eigenvalue weighted by Crippen LogP contribution is -2.29. The molecule has 4 heteroatoms. The van der Waals surface area contributed by atoms with Crippen molar-refractivity contribution >= 4 is 11.9 Å². The zero-order chi connectivity index (χ0) is 10.9. The van der Waals surface area contributed by atoms with Crippen molar-refractivity contribution in [3.05, 3.63) is 0 Å². The van der Waals surface area contributed by atoms with Crippen LogP contribution in [0.1, 0.15) is 33.1 Å². The molecule has 1 atom stereocenters. The monoisotopic (exact) mass is 200 g/mol. The van der Waals surface area contributed by atoms with Crippen LogP contribution in [0.3, 0.4) is 0 Å². The third kappa shape index (κ3) is 1.38. The molecule has 0 radical (unpaired) electrons. The zero-order valence-corrected chi connectivity index (χ0v) is 8.49. The van der Waals surface area contributed by atoms with Gasteiger partial charge in [-0.25, -0.2) is 0 Å². The summed E-state index contributed by atoms with van der Waals surface area (Å²) in [4.78, 5) is 21.8. The number of aliphatic carboxylic acids is 2. The minimum atomic E-state index is -1.48. The topological polar surface area (TPSA) is 74.6 Å². The molecule has 0 spiro atoms. The molecular weight excluding hydrogens is 184 g/mol. The first-order valence-electron chi connectivity index (χ1n) is 4.97. The number of carbonyl (C=O) groups is 2. The van der Waals surface area contributed by atoms with Crippen molar-refractivity contribution in [2.75, 3.05) is 0 Å². The Morgan fingerprint density at radius 1 is 1.29 bits per heavy atom. The summed E-state index contributed by atoms with van der Waals surface area (Å²) in [6, 6.07) is 0. The predicted molar refractivity (Wildman–Crippen MR) is 49.9 cm³/mol. The summed E-state index contributed by atoms with van der Waals surface area (Å²) in [5.41, 5.74) is -1.48. The van der Waals surface area contributed by atoms with Crippen molar-refractivity contribution in [1.29, 1.82) is 0 Å². The molecule has 1 rings (SSSR count). The first-order chi connectivity index (χ1) is 6.50. The number of hydrogen-bond acceptors (Lipinski definition) is 2.